The minimum atomic E-state index is -0.502. The summed E-state index contributed by atoms with van der Waals surface area (Å²) in [6.45, 7) is 4.64. The molecule has 0 saturated carbocycles. The number of esters is 1. The van der Waals surface area contributed by atoms with E-state index < -0.39 is 5.97 Å². The molecule has 0 fully saturated rings. The Hall–Kier alpha value is -1.51. The molecule has 0 aromatic rings. The Morgan fingerprint density at radius 2 is 2.17 bits per heavy atom. The van der Waals surface area contributed by atoms with Crippen LogP contribution in [0.2, 0.25) is 0 Å². The zero-order chi connectivity index (χ0) is 13.8. The highest BCUT2D eigenvalue weighted by atomic mass is 16.7. The highest BCUT2D eigenvalue weighted by molar-refractivity contribution is 5.82. The molecule has 0 aliphatic carbocycles. The van der Waals surface area contributed by atoms with E-state index in [1.165, 1.54) is 13.2 Å². The zero-order valence-electron chi connectivity index (χ0n) is 11.1. The second-order valence-corrected chi connectivity index (χ2v) is 3.27. The SMILES string of the molecule is C#CCCO/C(=C/C(=O)OC)COC(C)OCC. The maximum atomic E-state index is 11.1. The summed E-state index contributed by atoms with van der Waals surface area (Å²) >= 11 is 0. The van der Waals surface area contributed by atoms with Crippen molar-refractivity contribution in [3.05, 3.63) is 11.8 Å². The van der Waals surface area contributed by atoms with Crippen molar-refractivity contribution in [2.45, 2.75) is 26.6 Å². The van der Waals surface area contributed by atoms with Gasteiger partial charge in [0.15, 0.2) is 6.29 Å². The van der Waals surface area contributed by atoms with Gasteiger partial charge < -0.3 is 18.9 Å². The number of carbonyl (C=O) groups is 1. The third-order valence-corrected chi connectivity index (χ3v) is 1.88. The summed E-state index contributed by atoms with van der Waals surface area (Å²) in [5, 5.41) is 0. The maximum absolute atomic E-state index is 11.1. The van der Waals surface area contributed by atoms with Gasteiger partial charge in [-0.2, -0.15) is 0 Å². The average molecular weight is 256 g/mol. The fraction of sp³-hybridized carbons (Fsp3) is 0.615. The summed E-state index contributed by atoms with van der Waals surface area (Å²) in [6, 6.07) is 0. The molecule has 5 nitrogen and oxygen atoms in total. The number of ether oxygens (including phenoxy) is 4. The minimum absolute atomic E-state index is 0.126. The summed E-state index contributed by atoms with van der Waals surface area (Å²) in [7, 11) is 1.29. The molecule has 0 aromatic carbocycles. The van der Waals surface area contributed by atoms with Crippen LogP contribution in [-0.4, -0.2) is 39.2 Å². The Morgan fingerprint density at radius 1 is 1.44 bits per heavy atom. The van der Waals surface area contributed by atoms with Gasteiger partial charge in [0.1, 0.15) is 12.4 Å². The number of hydrogen-bond acceptors (Lipinski definition) is 5. The van der Waals surface area contributed by atoms with Gasteiger partial charge in [0.2, 0.25) is 0 Å². The Morgan fingerprint density at radius 3 is 2.72 bits per heavy atom. The van der Waals surface area contributed by atoms with E-state index in [0.717, 1.165) is 0 Å². The van der Waals surface area contributed by atoms with Gasteiger partial charge in [0.25, 0.3) is 0 Å². The van der Waals surface area contributed by atoms with Gasteiger partial charge in [-0.1, -0.05) is 0 Å². The first-order valence-corrected chi connectivity index (χ1v) is 5.72. The fourth-order valence-corrected chi connectivity index (χ4v) is 1.04. The Labute approximate surface area is 108 Å². The first-order chi connectivity index (χ1) is 8.63. The number of carbonyl (C=O) groups excluding carboxylic acids is 1. The third-order valence-electron chi connectivity index (χ3n) is 1.88. The van der Waals surface area contributed by atoms with Crippen LogP contribution in [0.25, 0.3) is 0 Å². The summed E-state index contributed by atoms with van der Waals surface area (Å²) in [6.07, 6.45) is 6.43. The minimum Gasteiger partial charge on any atom is -0.494 e. The van der Waals surface area contributed by atoms with Gasteiger partial charge in [-0.05, 0) is 13.8 Å². The number of rotatable bonds is 9. The van der Waals surface area contributed by atoms with Crippen LogP contribution < -0.4 is 0 Å². The van der Waals surface area contributed by atoms with E-state index in [9.17, 15) is 4.79 Å². The maximum Gasteiger partial charge on any atom is 0.333 e. The van der Waals surface area contributed by atoms with Gasteiger partial charge >= 0.3 is 5.97 Å². The molecule has 0 aliphatic heterocycles. The van der Waals surface area contributed by atoms with Crippen LogP contribution in [0.15, 0.2) is 11.8 Å². The van der Waals surface area contributed by atoms with Gasteiger partial charge in [-0.15, -0.1) is 12.3 Å². The summed E-state index contributed by atoms with van der Waals surface area (Å²) in [5.74, 6) is 2.30. The lowest BCUT2D eigenvalue weighted by atomic mass is 10.4. The summed E-state index contributed by atoms with van der Waals surface area (Å²) < 4.78 is 20.4. The van der Waals surface area contributed by atoms with Crippen molar-refractivity contribution in [1.29, 1.82) is 0 Å². The number of terminal acetylenes is 1. The van der Waals surface area contributed by atoms with Gasteiger partial charge in [0, 0.05) is 13.0 Å². The third kappa shape index (κ3) is 8.62. The smallest absolute Gasteiger partial charge is 0.333 e. The molecule has 0 radical (unpaired) electrons. The Balaban J connectivity index is 4.25. The Bertz CT molecular complexity index is 303. The highest BCUT2D eigenvalue weighted by Gasteiger charge is 2.07. The van der Waals surface area contributed by atoms with Crippen LogP contribution >= 0.6 is 0 Å². The first-order valence-electron chi connectivity index (χ1n) is 5.72. The van der Waals surface area contributed by atoms with Crippen molar-refractivity contribution in [1.82, 2.24) is 0 Å². The van der Waals surface area contributed by atoms with E-state index in [1.807, 2.05) is 6.92 Å². The molecule has 0 rings (SSSR count). The standard InChI is InChI=1S/C13H20O5/c1-5-7-8-17-12(9-13(14)15-4)10-18-11(3)16-6-2/h1,9,11H,6-8,10H2,2-4H3/b12-9+. The molecule has 0 saturated heterocycles. The first kappa shape index (κ1) is 16.5. The molecule has 0 aromatic heterocycles. The van der Waals surface area contributed by atoms with Crippen molar-refractivity contribution < 1.29 is 23.7 Å². The average Bonchev–Trinajstić information content (AvgIpc) is 2.36. The van der Waals surface area contributed by atoms with Gasteiger partial charge in [0.05, 0.1) is 19.8 Å². The molecule has 0 bridgehead atoms. The topological polar surface area (TPSA) is 54.0 Å². The van der Waals surface area contributed by atoms with E-state index in [-0.39, 0.29) is 12.9 Å². The zero-order valence-corrected chi connectivity index (χ0v) is 11.1. The fourth-order valence-electron chi connectivity index (χ4n) is 1.04. The van der Waals surface area contributed by atoms with E-state index in [4.69, 9.17) is 20.6 Å². The summed E-state index contributed by atoms with van der Waals surface area (Å²) in [5.41, 5.74) is 0. The lowest BCUT2D eigenvalue weighted by molar-refractivity contribution is -0.136. The largest absolute Gasteiger partial charge is 0.494 e. The van der Waals surface area contributed by atoms with Crippen LogP contribution in [-0.2, 0) is 23.7 Å². The highest BCUT2D eigenvalue weighted by Crippen LogP contribution is 2.04. The quantitative estimate of drug-likeness (QED) is 0.156. The molecule has 18 heavy (non-hydrogen) atoms. The van der Waals surface area contributed by atoms with Crippen LogP contribution in [0.3, 0.4) is 0 Å². The van der Waals surface area contributed by atoms with Crippen LogP contribution in [0, 0.1) is 12.3 Å². The van der Waals surface area contributed by atoms with Crippen LogP contribution in [0.5, 0.6) is 0 Å². The molecule has 0 spiro atoms. The molecule has 0 amide bonds. The van der Waals surface area contributed by atoms with E-state index >= 15 is 0 Å². The van der Waals surface area contributed by atoms with E-state index in [2.05, 4.69) is 10.7 Å². The second kappa shape index (κ2) is 10.6. The van der Waals surface area contributed by atoms with Gasteiger partial charge in [-0.25, -0.2) is 4.79 Å². The lowest BCUT2D eigenvalue weighted by Crippen LogP contribution is -2.16. The predicted octanol–water partition coefficient (Wildman–Crippen LogP) is 1.48. The monoisotopic (exact) mass is 256 g/mol. The molecule has 0 aliphatic rings. The second-order valence-electron chi connectivity index (χ2n) is 3.27. The van der Waals surface area contributed by atoms with Crippen molar-refractivity contribution >= 4 is 5.97 Å². The predicted molar refractivity (Wildman–Crippen MR) is 66.5 cm³/mol. The van der Waals surface area contributed by atoms with Gasteiger partial charge in [-0.3, -0.25) is 0 Å². The number of methoxy groups -OCH3 is 1. The Kier molecular flexibility index (Phi) is 9.74. The van der Waals surface area contributed by atoms with Crippen molar-refractivity contribution in [2.75, 3.05) is 26.9 Å². The number of hydrogen-bond donors (Lipinski definition) is 0. The van der Waals surface area contributed by atoms with E-state index in [1.54, 1.807) is 6.92 Å². The summed E-state index contributed by atoms with van der Waals surface area (Å²) in [4.78, 5) is 11.1. The molecule has 0 N–H and O–H groups in total. The van der Waals surface area contributed by atoms with Crippen molar-refractivity contribution in [3.8, 4) is 12.3 Å². The molecule has 1 unspecified atom stereocenters. The van der Waals surface area contributed by atoms with Crippen molar-refractivity contribution in [3.63, 3.8) is 0 Å². The van der Waals surface area contributed by atoms with Crippen LogP contribution in [0.4, 0.5) is 0 Å². The van der Waals surface area contributed by atoms with E-state index in [0.29, 0.717) is 25.4 Å². The normalized spacial score (nSPS) is 12.7. The van der Waals surface area contributed by atoms with Crippen LogP contribution in [0.1, 0.15) is 20.3 Å². The molecule has 5 heteroatoms. The van der Waals surface area contributed by atoms with Crippen molar-refractivity contribution in [2.24, 2.45) is 0 Å². The lowest BCUT2D eigenvalue weighted by Gasteiger charge is -2.15. The molecule has 1 atom stereocenters. The molecule has 102 valence electrons. The molecular formula is C13H20O5. The molecule has 0 heterocycles. The molecular weight excluding hydrogens is 236 g/mol.